The average molecular weight is 425 g/mol. The lowest BCUT2D eigenvalue weighted by atomic mass is 10.0. The highest BCUT2D eigenvalue weighted by atomic mass is 32.1. The second-order valence-corrected chi connectivity index (χ2v) is 9.44. The monoisotopic (exact) mass is 424 g/mol. The number of rotatable bonds is 8. The van der Waals surface area contributed by atoms with Gasteiger partial charge in [-0.15, -0.1) is 0 Å². The Hall–Kier alpha value is -1.56. The van der Waals surface area contributed by atoms with E-state index in [0.29, 0.717) is 0 Å². The SMILES string of the molecule is S=C(CCCCN1CCCCCC1)Cc1ccc2nc(N3CCNCC3)ccc2c1. The Morgan fingerprint density at radius 3 is 2.53 bits per heavy atom. The molecule has 1 N–H and O–H groups in total. The Morgan fingerprint density at radius 1 is 0.933 bits per heavy atom. The minimum absolute atomic E-state index is 0.911. The molecular weight excluding hydrogens is 388 g/mol. The summed E-state index contributed by atoms with van der Waals surface area (Å²) in [6.45, 7) is 7.98. The fourth-order valence-corrected chi connectivity index (χ4v) is 4.99. The molecule has 2 aliphatic rings. The maximum Gasteiger partial charge on any atom is 0.129 e. The lowest BCUT2D eigenvalue weighted by molar-refractivity contribution is 0.280. The predicted octanol–water partition coefficient (Wildman–Crippen LogP) is 4.60. The number of nitrogens with one attached hydrogen (secondary N) is 1. The first-order valence-corrected chi connectivity index (χ1v) is 12.3. The fourth-order valence-electron chi connectivity index (χ4n) is 4.68. The molecule has 30 heavy (non-hydrogen) atoms. The van der Waals surface area contributed by atoms with Gasteiger partial charge >= 0.3 is 0 Å². The molecular formula is C25H36N4S. The van der Waals surface area contributed by atoms with Crippen molar-refractivity contribution in [3.8, 4) is 0 Å². The Morgan fingerprint density at radius 2 is 1.73 bits per heavy atom. The van der Waals surface area contributed by atoms with Crippen LogP contribution in [0.1, 0.15) is 50.5 Å². The quantitative estimate of drug-likeness (QED) is 0.494. The van der Waals surface area contributed by atoms with Crippen LogP contribution < -0.4 is 10.2 Å². The zero-order chi connectivity index (χ0) is 20.6. The third-order valence-electron chi connectivity index (χ3n) is 6.46. The summed E-state index contributed by atoms with van der Waals surface area (Å²) >= 11 is 5.71. The molecule has 2 aromatic rings. The number of anilines is 1. The number of aromatic nitrogens is 1. The van der Waals surface area contributed by atoms with Gasteiger partial charge in [-0.05, 0) is 86.4 Å². The average Bonchev–Trinajstić information content (AvgIpc) is 3.06. The Balaban J connectivity index is 1.25. The van der Waals surface area contributed by atoms with Crippen LogP contribution >= 0.6 is 12.2 Å². The van der Waals surface area contributed by atoms with E-state index in [-0.39, 0.29) is 0 Å². The van der Waals surface area contributed by atoms with Crippen molar-refractivity contribution in [2.45, 2.75) is 51.4 Å². The molecule has 1 aromatic carbocycles. The molecule has 0 radical (unpaired) electrons. The summed E-state index contributed by atoms with van der Waals surface area (Å²) in [7, 11) is 0. The van der Waals surface area contributed by atoms with Crippen molar-refractivity contribution in [3.05, 3.63) is 35.9 Å². The molecule has 3 heterocycles. The number of hydrogen-bond acceptors (Lipinski definition) is 5. The van der Waals surface area contributed by atoms with E-state index in [1.165, 1.54) is 74.0 Å². The molecule has 0 unspecified atom stereocenters. The summed E-state index contributed by atoms with van der Waals surface area (Å²) in [5.41, 5.74) is 2.40. The number of nitrogens with zero attached hydrogens (tertiary/aromatic N) is 3. The van der Waals surface area contributed by atoms with E-state index in [1.54, 1.807) is 0 Å². The maximum absolute atomic E-state index is 5.71. The summed E-state index contributed by atoms with van der Waals surface area (Å²) in [5, 5.41) is 4.62. The Kier molecular flexibility index (Phi) is 8.07. The standard InChI is InChI=1S/C25H36N4S/c30-23(7-3-6-16-28-14-4-1-2-5-15-28)20-21-8-10-24-22(19-21)9-11-25(27-24)29-17-12-26-13-18-29/h8-11,19,26H,1-7,12-18,20H2. The summed E-state index contributed by atoms with van der Waals surface area (Å²) in [6, 6.07) is 11.0. The molecule has 2 fully saturated rings. The molecule has 0 saturated carbocycles. The van der Waals surface area contributed by atoms with Crippen LogP contribution in [0.5, 0.6) is 0 Å². The molecule has 162 valence electrons. The number of thiocarbonyl (C=S) groups is 1. The smallest absolute Gasteiger partial charge is 0.129 e. The first-order valence-electron chi connectivity index (χ1n) is 11.9. The number of benzene rings is 1. The van der Waals surface area contributed by atoms with Crippen LogP contribution in [-0.4, -0.2) is 60.6 Å². The molecule has 4 nitrogen and oxygen atoms in total. The van der Waals surface area contributed by atoms with Gasteiger partial charge in [0.2, 0.25) is 0 Å². The summed E-state index contributed by atoms with van der Waals surface area (Å²) in [6.07, 6.45) is 10.1. The van der Waals surface area contributed by atoms with Gasteiger partial charge in [-0.1, -0.05) is 31.1 Å². The van der Waals surface area contributed by atoms with Crippen LogP contribution in [0.4, 0.5) is 5.82 Å². The van der Waals surface area contributed by atoms with Gasteiger partial charge in [-0.3, -0.25) is 0 Å². The van der Waals surface area contributed by atoms with E-state index in [2.05, 4.69) is 45.4 Å². The Labute approximate surface area is 187 Å². The van der Waals surface area contributed by atoms with E-state index in [1.807, 2.05) is 0 Å². The number of unbranched alkanes of at least 4 members (excludes halogenated alkanes) is 1. The normalized spacial score (nSPS) is 18.5. The molecule has 5 heteroatoms. The van der Waals surface area contributed by atoms with Crippen LogP contribution in [0.2, 0.25) is 0 Å². The van der Waals surface area contributed by atoms with E-state index >= 15 is 0 Å². The highest BCUT2D eigenvalue weighted by molar-refractivity contribution is 7.80. The van der Waals surface area contributed by atoms with Crippen molar-refractivity contribution in [1.82, 2.24) is 15.2 Å². The summed E-state index contributed by atoms with van der Waals surface area (Å²) < 4.78 is 0. The number of piperazine rings is 1. The lowest BCUT2D eigenvalue weighted by Gasteiger charge is -2.28. The van der Waals surface area contributed by atoms with E-state index in [9.17, 15) is 0 Å². The van der Waals surface area contributed by atoms with Crippen LogP contribution in [0, 0.1) is 0 Å². The van der Waals surface area contributed by atoms with E-state index in [4.69, 9.17) is 17.2 Å². The zero-order valence-electron chi connectivity index (χ0n) is 18.2. The van der Waals surface area contributed by atoms with Gasteiger partial charge in [-0.25, -0.2) is 4.98 Å². The molecule has 0 amide bonds. The third kappa shape index (κ3) is 6.22. The molecule has 0 spiro atoms. The molecule has 1 aromatic heterocycles. The highest BCUT2D eigenvalue weighted by Gasteiger charge is 2.12. The van der Waals surface area contributed by atoms with Crippen LogP contribution in [0.15, 0.2) is 30.3 Å². The van der Waals surface area contributed by atoms with Gasteiger partial charge in [0.15, 0.2) is 0 Å². The van der Waals surface area contributed by atoms with Gasteiger partial charge in [0.05, 0.1) is 5.52 Å². The molecule has 2 aliphatic heterocycles. The molecule has 4 rings (SSSR count). The van der Waals surface area contributed by atoms with Crippen molar-refractivity contribution in [1.29, 1.82) is 0 Å². The van der Waals surface area contributed by atoms with Gasteiger partial charge in [0, 0.05) is 38.0 Å². The number of likely N-dealkylation sites (tertiary alicyclic amines) is 1. The lowest BCUT2D eigenvalue weighted by Crippen LogP contribution is -2.43. The number of pyridine rings is 1. The first kappa shape index (κ1) is 21.7. The molecule has 0 aliphatic carbocycles. The number of hydrogen-bond donors (Lipinski definition) is 1. The maximum atomic E-state index is 5.71. The molecule has 2 saturated heterocycles. The van der Waals surface area contributed by atoms with Gasteiger partial charge in [0.1, 0.15) is 5.82 Å². The number of fused-ring (bicyclic) bond motifs is 1. The fraction of sp³-hybridized carbons (Fsp3) is 0.600. The molecule has 0 atom stereocenters. The summed E-state index contributed by atoms with van der Waals surface area (Å²) in [5.74, 6) is 1.09. The van der Waals surface area contributed by atoms with Crippen LogP contribution in [0.3, 0.4) is 0 Å². The summed E-state index contributed by atoms with van der Waals surface area (Å²) in [4.78, 5) is 11.1. The second kappa shape index (κ2) is 11.2. The topological polar surface area (TPSA) is 31.4 Å². The van der Waals surface area contributed by atoms with Crippen molar-refractivity contribution in [2.75, 3.05) is 50.7 Å². The first-order chi connectivity index (χ1) is 14.8. The second-order valence-electron chi connectivity index (χ2n) is 8.86. The van der Waals surface area contributed by atoms with Crippen molar-refractivity contribution < 1.29 is 0 Å². The van der Waals surface area contributed by atoms with E-state index < -0.39 is 0 Å². The highest BCUT2D eigenvalue weighted by Crippen LogP contribution is 2.21. The molecule has 0 bridgehead atoms. The van der Waals surface area contributed by atoms with Gasteiger partial charge in [-0.2, -0.15) is 0 Å². The van der Waals surface area contributed by atoms with Crippen molar-refractivity contribution in [2.24, 2.45) is 0 Å². The van der Waals surface area contributed by atoms with Gasteiger partial charge < -0.3 is 15.1 Å². The largest absolute Gasteiger partial charge is 0.354 e. The van der Waals surface area contributed by atoms with Crippen LogP contribution in [-0.2, 0) is 6.42 Å². The van der Waals surface area contributed by atoms with Gasteiger partial charge in [0.25, 0.3) is 0 Å². The minimum atomic E-state index is 0.911. The Bertz CT molecular complexity index is 823. The zero-order valence-corrected chi connectivity index (χ0v) is 19.1. The van der Waals surface area contributed by atoms with Crippen molar-refractivity contribution in [3.63, 3.8) is 0 Å². The van der Waals surface area contributed by atoms with Crippen LogP contribution in [0.25, 0.3) is 10.9 Å². The predicted molar refractivity (Wildman–Crippen MR) is 132 cm³/mol. The van der Waals surface area contributed by atoms with E-state index in [0.717, 1.165) is 50.4 Å². The minimum Gasteiger partial charge on any atom is -0.354 e. The van der Waals surface area contributed by atoms with Crippen molar-refractivity contribution >= 4 is 33.8 Å². The third-order valence-corrected chi connectivity index (χ3v) is 6.81.